The third-order valence-electron chi connectivity index (χ3n) is 3.30. The fraction of sp³-hybridized carbons (Fsp3) is 0.222. The summed E-state index contributed by atoms with van der Waals surface area (Å²) >= 11 is 0. The van der Waals surface area contributed by atoms with Gasteiger partial charge < -0.3 is 9.84 Å². The van der Waals surface area contributed by atoms with E-state index in [0.29, 0.717) is 6.42 Å². The summed E-state index contributed by atoms with van der Waals surface area (Å²) in [6.07, 6.45) is 0.128. The second-order valence-corrected chi connectivity index (χ2v) is 5.08. The van der Waals surface area contributed by atoms with Gasteiger partial charge in [0.25, 0.3) is 0 Å². The normalized spacial score (nSPS) is 11.6. The average Bonchev–Trinajstić information content (AvgIpc) is 2.53. The van der Waals surface area contributed by atoms with E-state index in [0.717, 1.165) is 11.1 Å². The zero-order chi connectivity index (χ0) is 15.8. The number of aliphatic carboxylic acids is 1. The highest BCUT2D eigenvalue weighted by molar-refractivity contribution is 5.79. The number of hydrogen-bond acceptors (Lipinski definition) is 3. The first-order chi connectivity index (χ1) is 10.6. The summed E-state index contributed by atoms with van der Waals surface area (Å²) in [7, 11) is 0. The Bertz CT molecular complexity index is 607. The van der Waals surface area contributed by atoms with Gasteiger partial charge in [0, 0.05) is 0 Å². The number of carbonyl (C=O) groups is 2. The van der Waals surface area contributed by atoms with Crippen LogP contribution in [0.25, 0.3) is 0 Å². The van der Waals surface area contributed by atoms with E-state index in [9.17, 15) is 9.59 Å². The highest BCUT2D eigenvalue weighted by atomic mass is 16.5. The van der Waals surface area contributed by atoms with Crippen molar-refractivity contribution in [2.45, 2.75) is 19.4 Å². The zero-order valence-electron chi connectivity index (χ0n) is 12.1. The van der Waals surface area contributed by atoms with Crippen molar-refractivity contribution < 1.29 is 19.4 Å². The highest BCUT2D eigenvalue weighted by Crippen LogP contribution is 2.15. The van der Waals surface area contributed by atoms with Crippen LogP contribution in [-0.2, 0) is 27.4 Å². The number of rotatable bonds is 7. The minimum atomic E-state index is -1.00. The molecule has 0 bridgehead atoms. The van der Waals surface area contributed by atoms with Crippen molar-refractivity contribution in [1.82, 2.24) is 0 Å². The van der Waals surface area contributed by atoms with Gasteiger partial charge in [-0.25, -0.2) is 0 Å². The van der Waals surface area contributed by atoms with Crippen molar-refractivity contribution in [2.24, 2.45) is 5.92 Å². The van der Waals surface area contributed by atoms with Crippen LogP contribution in [0.15, 0.2) is 60.7 Å². The predicted octanol–water partition coefficient (Wildman–Crippen LogP) is 3.06. The van der Waals surface area contributed by atoms with Crippen LogP contribution in [0.5, 0.6) is 0 Å². The molecular formula is C18H18O4. The van der Waals surface area contributed by atoms with Gasteiger partial charge in [0.2, 0.25) is 0 Å². The Morgan fingerprint density at radius 1 is 0.909 bits per heavy atom. The molecule has 1 unspecified atom stereocenters. The molecule has 0 aliphatic heterocycles. The fourth-order valence-electron chi connectivity index (χ4n) is 2.19. The van der Waals surface area contributed by atoms with Gasteiger partial charge >= 0.3 is 11.9 Å². The molecule has 0 fully saturated rings. The van der Waals surface area contributed by atoms with E-state index in [4.69, 9.17) is 9.84 Å². The monoisotopic (exact) mass is 298 g/mol. The van der Waals surface area contributed by atoms with Crippen LogP contribution in [0.2, 0.25) is 0 Å². The van der Waals surface area contributed by atoms with E-state index in [-0.39, 0.29) is 13.0 Å². The van der Waals surface area contributed by atoms with Crippen LogP contribution in [0.1, 0.15) is 17.5 Å². The molecule has 0 heterocycles. The zero-order valence-corrected chi connectivity index (χ0v) is 12.1. The maximum Gasteiger partial charge on any atom is 0.310 e. The molecule has 0 saturated heterocycles. The molecule has 4 heteroatoms. The molecule has 114 valence electrons. The standard InChI is InChI=1S/C18H18O4/c19-17(20)12-16(11-14-7-3-1-4-8-14)18(21)22-13-15-9-5-2-6-10-15/h1-10,16H,11-13H2,(H,19,20). The Morgan fingerprint density at radius 3 is 2.00 bits per heavy atom. The number of carboxylic acids is 1. The summed E-state index contributed by atoms with van der Waals surface area (Å²) in [6.45, 7) is 0.157. The minimum absolute atomic E-state index is 0.157. The van der Waals surface area contributed by atoms with Gasteiger partial charge in [0.05, 0.1) is 12.3 Å². The molecule has 2 rings (SSSR count). The maximum absolute atomic E-state index is 12.2. The molecular weight excluding hydrogens is 280 g/mol. The first-order valence-electron chi connectivity index (χ1n) is 7.11. The summed E-state index contributed by atoms with van der Waals surface area (Å²) in [4.78, 5) is 23.1. The van der Waals surface area contributed by atoms with Crippen molar-refractivity contribution >= 4 is 11.9 Å². The molecule has 2 aromatic carbocycles. The lowest BCUT2D eigenvalue weighted by molar-refractivity contribution is -0.154. The molecule has 0 spiro atoms. The molecule has 1 N–H and O–H groups in total. The van der Waals surface area contributed by atoms with Crippen molar-refractivity contribution in [1.29, 1.82) is 0 Å². The van der Waals surface area contributed by atoms with Crippen LogP contribution < -0.4 is 0 Å². The van der Waals surface area contributed by atoms with E-state index >= 15 is 0 Å². The lowest BCUT2D eigenvalue weighted by atomic mass is 9.96. The van der Waals surface area contributed by atoms with Gasteiger partial charge in [-0.05, 0) is 17.5 Å². The van der Waals surface area contributed by atoms with Gasteiger partial charge in [0.1, 0.15) is 6.61 Å². The molecule has 1 atom stereocenters. The van der Waals surface area contributed by atoms with Crippen LogP contribution in [0, 0.1) is 5.92 Å². The second kappa shape index (κ2) is 7.98. The SMILES string of the molecule is O=C(O)CC(Cc1ccccc1)C(=O)OCc1ccccc1. The summed E-state index contributed by atoms with van der Waals surface area (Å²) in [5.74, 6) is -2.16. The number of hydrogen-bond donors (Lipinski definition) is 1. The van der Waals surface area contributed by atoms with E-state index in [1.807, 2.05) is 60.7 Å². The average molecular weight is 298 g/mol. The molecule has 0 aromatic heterocycles. The van der Waals surface area contributed by atoms with Crippen LogP contribution in [0.3, 0.4) is 0 Å². The molecule has 4 nitrogen and oxygen atoms in total. The molecule has 2 aromatic rings. The Morgan fingerprint density at radius 2 is 1.45 bits per heavy atom. The van der Waals surface area contributed by atoms with Gasteiger partial charge in [0.15, 0.2) is 0 Å². The molecule has 0 aliphatic rings. The number of esters is 1. The quantitative estimate of drug-likeness (QED) is 0.798. The fourth-order valence-corrected chi connectivity index (χ4v) is 2.19. The van der Waals surface area contributed by atoms with Crippen molar-refractivity contribution in [2.75, 3.05) is 0 Å². The van der Waals surface area contributed by atoms with Crippen molar-refractivity contribution in [3.63, 3.8) is 0 Å². The first-order valence-corrected chi connectivity index (χ1v) is 7.11. The van der Waals surface area contributed by atoms with Gasteiger partial charge in [-0.1, -0.05) is 60.7 Å². The van der Waals surface area contributed by atoms with Gasteiger partial charge in [-0.15, -0.1) is 0 Å². The Hall–Kier alpha value is -2.62. The van der Waals surface area contributed by atoms with E-state index < -0.39 is 17.9 Å². The van der Waals surface area contributed by atoms with Crippen LogP contribution in [0.4, 0.5) is 0 Å². The largest absolute Gasteiger partial charge is 0.481 e. The Balaban J connectivity index is 1.98. The van der Waals surface area contributed by atoms with Gasteiger partial charge in [-0.2, -0.15) is 0 Å². The van der Waals surface area contributed by atoms with Crippen molar-refractivity contribution in [3.8, 4) is 0 Å². The van der Waals surface area contributed by atoms with E-state index in [1.54, 1.807) is 0 Å². The molecule has 0 saturated carbocycles. The van der Waals surface area contributed by atoms with Gasteiger partial charge in [-0.3, -0.25) is 9.59 Å². The second-order valence-electron chi connectivity index (χ2n) is 5.08. The molecule has 0 radical (unpaired) electrons. The summed E-state index contributed by atoms with van der Waals surface area (Å²) in [5.41, 5.74) is 1.80. The third-order valence-corrected chi connectivity index (χ3v) is 3.30. The summed E-state index contributed by atoms with van der Waals surface area (Å²) < 4.78 is 5.26. The van der Waals surface area contributed by atoms with Crippen LogP contribution >= 0.6 is 0 Å². The maximum atomic E-state index is 12.2. The lowest BCUT2D eigenvalue weighted by Gasteiger charge is -2.14. The number of ether oxygens (including phenoxy) is 1. The van der Waals surface area contributed by atoms with Crippen molar-refractivity contribution in [3.05, 3.63) is 71.8 Å². The number of carbonyl (C=O) groups excluding carboxylic acids is 1. The summed E-state index contributed by atoms with van der Waals surface area (Å²) in [6, 6.07) is 18.7. The molecule has 22 heavy (non-hydrogen) atoms. The lowest BCUT2D eigenvalue weighted by Crippen LogP contribution is -2.23. The Labute approximate surface area is 129 Å². The topological polar surface area (TPSA) is 63.6 Å². The summed E-state index contributed by atoms with van der Waals surface area (Å²) in [5, 5.41) is 8.99. The molecule has 0 amide bonds. The molecule has 0 aliphatic carbocycles. The highest BCUT2D eigenvalue weighted by Gasteiger charge is 2.23. The smallest absolute Gasteiger partial charge is 0.310 e. The predicted molar refractivity (Wildman–Crippen MR) is 82.1 cm³/mol. The minimum Gasteiger partial charge on any atom is -0.481 e. The third kappa shape index (κ3) is 5.05. The first kappa shape index (κ1) is 15.8. The van der Waals surface area contributed by atoms with E-state index in [1.165, 1.54) is 0 Å². The Kier molecular flexibility index (Phi) is 5.72. The van der Waals surface area contributed by atoms with E-state index in [2.05, 4.69) is 0 Å². The van der Waals surface area contributed by atoms with Crippen LogP contribution in [-0.4, -0.2) is 17.0 Å². The number of benzene rings is 2. The number of carboxylic acid groups (broad SMARTS) is 1.